The number of rotatable bonds is 5. The van der Waals surface area contributed by atoms with Crippen molar-refractivity contribution in [2.75, 3.05) is 19.0 Å². The molecule has 2 aromatic heterocycles. The predicted octanol–water partition coefficient (Wildman–Crippen LogP) is 4.50. The summed E-state index contributed by atoms with van der Waals surface area (Å²) in [6, 6.07) is 14.7. The van der Waals surface area contributed by atoms with E-state index in [1.54, 1.807) is 11.8 Å². The number of nitrogens with zero attached hydrogens (tertiary/aromatic N) is 4. The van der Waals surface area contributed by atoms with Gasteiger partial charge < -0.3 is 4.90 Å². The van der Waals surface area contributed by atoms with E-state index in [0.29, 0.717) is 0 Å². The number of aromatic nitrogens is 3. The number of benzene rings is 1. The van der Waals surface area contributed by atoms with Crippen LogP contribution in [-0.4, -0.2) is 28.6 Å². The molecule has 0 radical (unpaired) electrons. The van der Waals surface area contributed by atoms with E-state index in [9.17, 15) is 0 Å². The number of fused-ring (bicyclic) bond motifs is 1. The largest absolute Gasteiger partial charge is 0.377 e. The van der Waals surface area contributed by atoms with E-state index in [-0.39, 0.29) is 0 Å². The van der Waals surface area contributed by atoms with E-state index in [2.05, 4.69) is 58.9 Å². The molecule has 1 aromatic carbocycles. The number of imidazole rings is 1. The van der Waals surface area contributed by atoms with Crippen molar-refractivity contribution >= 4 is 17.4 Å². The second-order valence-corrected chi connectivity index (χ2v) is 7.77. The molecule has 0 atom stereocenters. The van der Waals surface area contributed by atoms with Gasteiger partial charge in [0, 0.05) is 37.4 Å². The van der Waals surface area contributed by atoms with E-state index < -0.39 is 0 Å². The van der Waals surface area contributed by atoms with E-state index in [4.69, 9.17) is 4.98 Å². The summed E-state index contributed by atoms with van der Waals surface area (Å²) < 4.78 is 2.28. The maximum atomic E-state index is 4.99. The van der Waals surface area contributed by atoms with Crippen molar-refractivity contribution in [1.29, 1.82) is 0 Å². The Balaban J connectivity index is 1.68. The van der Waals surface area contributed by atoms with Gasteiger partial charge in [0.15, 0.2) is 5.16 Å². The topological polar surface area (TPSA) is 34.0 Å². The molecular formula is C21H24N4S. The van der Waals surface area contributed by atoms with Gasteiger partial charge in [0.25, 0.3) is 0 Å². The van der Waals surface area contributed by atoms with Crippen LogP contribution in [0.1, 0.15) is 29.8 Å². The van der Waals surface area contributed by atoms with Crippen LogP contribution in [-0.2, 0) is 18.6 Å². The first-order chi connectivity index (χ1) is 12.7. The number of para-hydroxylation sites is 1. The Morgan fingerprint density at radius 1 is 1.04 bits per heavy atom. The molecule has 0 unspecified atom stereocenters. The number of anilines is 1. The predicted molar refractivity (Wildman–Crippen MR) is 108 cm³/mol. The molecule has 4 rings (SSSR count). The first-order valence-electron chi connectivity index (χ1n) is 9.14. The van der Waals surface area contributed by atoms with Crippen molar-refractivity contribution < 1.29 is 0 Å². The minimum Gasteiger partial charge on any atom is -0.377 e. The Hall–Kier alpha value is -2.27. The molecule has 3 aromatic rings. The fourth-order valence-corrected chi connectivity index (χ4v) is 4.58. The summed E-state index contributed by atoms with van der Waals surface area (Å²) >= 11 is 1.81. The van der Waals surface area contributed by atoms with E-state index in [1.807, 2.05) is 18.3 Å². The van der Waals surface area contributed by atoms with Gasteiger partial charge in [-0.3, -0.25) is 4.57 Å². The van der Waals surface area contributed by atoms with E-state index in [0.717, 1.165) is 29.6 Å². The summed E-state index contributed by atoms with van der Waals surface area (Å²) in [5.41, 5.74) is 5.19. The highest BCUT2D eigenvalue weighted by Gasteiger charge is 2.22. The molecule has 0 fully saturated rings. The van der Waals surface area contributed by atoms with Crippen LogP contribution >= 0.6 is 11.8 Å². The van der Waals surface area contributed by atoms with Crippen molar-refractivity contribution in [2.45, 2.75) is 36.6 Å². The summed E-state index contributed by atoms with van der Waals surface area (Å²) in [5.74, 6) is 1.88. The Kier molecular flexibility index (Phi) is 4.98. The van der Waals surface area contributed by atoms with Crippen LogP contribution in [0.25, 0.3) is 5.82 Å². The van der Waals surface area contributed by atoms with Gasteiger partial charge in [-0.2, -0.15) is 0 Å². The standard InChI is InChI=1S/C21H24N4S/c1-24(2)18-11-5-3-9-16(18)15-26-21-23-17-10-4-6-12-19(17)25(21)20-13-7-8-14-22-20/h3,5,7-9,11,13-14H,4,6,10,12,15H2,1-2H3. The number of pyridine rings is 1. The lowest BCUT2D eigenvalue weighted by Gasteiger charge is -2.17. The fourth-order valence-electron chi connectivity index (χ4n) is 3.55. The summed E-state index contributed by atoms with van der Waals surface area (Å²) in [6.45, 7) is 0. The Labute approximate surface area is 159 Å². The zero-order valence-corrected chi connectivity index (χ0v) is 16.2. The Morgan fingerprint density at radius 2 is 1.85 bits per heavy atom. The Bertz CT molecular complexity index is 886. The van der Waals surface area contributed by atoms with Gasteiger partial charge in [-0.05, 0) is 49.4 Å². The third-order valence-corrected chi connectivity index (χ3v) is 5.80. The third kappa shape index (κ3) is 3.36. The molecule has 5 heteroatoms. The second kappa shape index (κ2) is 7.54. The highest BCUT2D eigenvalue weighted by atomic mass is 32.2. The second-order valence-electron chi connectivity index (χ2n) is 6.83. The molecular weight excluding hydrogens is 340 g/mol. The van der Waals surface area contributed by atoms with E-state index in [1.165, 1.54) is 35.5 Å². The quantitative estimate of drug-likeness (QED) is 0.624. The van der Waals surface area contributed by atoms with Crippen LogP contribution in [0.4, 0.5) is 5.69 Å². The first kappa shape index (κ1) is 17.2. The maximum absolute atomic E-state index is 4.99. The number of thioether (sulfide) groups is 1. The molecule has 2 heterocycles. The molecule has 0 saturated heterocycles. The minimum atomic E-state index is 0.900. The van der Waals surface area contributed by atoms with Crippen LogP contribution in [0.2, 0.25) is 0 Å². The van der Waals surface area contributed by atoms with E-state index >= 15 is 0 Å². The van der Waals surface area contributed by atoms with Crippen LogP contribution in [0, 0.1) is 0 Å². The minimum absolute atomic E-state index is 0.900. The molecule has 0 spiro atoms. The average molecular weight is 365 g/mol. The molecule has 0 bridgehead atoms. The molecule has 0 amide bonds. The summed E-state index contributed by atoms with van der Waals surface area (Å²) in [4.78, 5) is 11.8. The normalized spacial score (nSPS) is 13.5. The van der Waals surface area contributed by atoms with Crippen LogP contribution in [0.5, 0.6) is 0 Å². The van der Waals surface area contributed by atoms with Crippen molar-refractivity contribution in [3.05, 3.63) is 65.6 Å². The molecule has 0 saturated carbocycles. The van der Waals surface area contributed by atoms with Gasteiger partial charge in [-0.15, -0.1) is 0 Å². The van der Waals surface area contributed by atoms with Crippen LogP contribution < -0.4 is 4.90 Å². The molecule has 0 aliphatic heterocycles. The Morgan fingerprint density at radius 3 is 2.65 bits per heavy atom. The lowest BCUT2D eigenvalue weighted by Crippen LogP contribution is -2.11. The summed E-state index contributed by atoms with van der Waals surface area (Å²) in [7, 11) is 4.19. The molecule has 0 N–H and O–H groups in total. The van der Waals surface area contributed by atoms with Gasteiger partial charge in [0.05, 0.1) is 5.69 Å². The summed E-state index contributed by atoms with van der Waals surface area (Å²) in [5, 5.41) is 1.06. The lowest BCUT2D eigenvalue weighted by molar-refractivity contribution is 0.652. The third-order valence-electron chi connectivity index (χ3n) is 4.81. The summed E-state index contributed by atoms with van der Waals surface area (Å²) in [6.07, 6.45) is 6.50. The number of aryl methyl sites for hydroxylation is 1. The molecule has 1 aliphatic carbocycles. The lowest BCUT2D eigenvalue weighted by atomic mass is 10.0. The van der Waals surface area contributed by atoms with Gasteiger partial charge in [-0.1, -0.05) is 36.0 Å². The van der Waals surface area contributed by atoms with Gasteiger partial charge in [0.1, 0.15) is 5.82 Å². The first-order valence-corrected chi connectivity index (χ1v) is 10.1. The molecule has 4 nitrogen and oxygen atoms in total. The van der Waals surface area contributed by atoms with Gasteiger partial charge >= 0.3 is 0 Å². The molecule has 134 valence electrons. The average Bonchev–Trinajstić information content (AvgIpc) is 3.05. The zero-order chi connectivity index (χ0) is 17.9. The fraction of sp³-hybridized carbons (Fsp3) is 0.333. The SMILES string of the molecule is CN(C)c1ccccc1CSc1nc2c(n1-c1ccccn1)CCCC2. The van der Waals surface area contributed by atoms with Crippen LogP contribution in [0.3, 0.4) is 0 Å². The van der Waals surface area contributed by atoms with Gasteiger partial charge in [0.2, 0.25) is 0 Å². The van der Waals surface area contributed by atoms with Gasteiger partial charge in [-0.25, -0.2) is 9.97 Å². The monoisotopic (exact) mass is 364 g/mol. The molecule has 1 aliphatic rings. The van der Waals surface area contributed by atoms with Crippen molar-refractivity contribution in [1.82, 2.24) is 14.5 Å². The zero-order valence-electron chi connectivity index (χ0n) is 15.4. The van der Waals surface area contributed by atoms with Crippen molar-refractivity contribution in [3.63, 3.8) is 0 Å². The van der Waals surface area contributed by atoms with Crippen LogP contribution in [0.15, 0.2) is 53.8 Å². The highest BCUT2D eigenvalue weighted by molar-refractivity contribution is 7.98. The highest BCUT2D eigenvalue weighted by Crippen LogP contribution is 2.33. The molecule has 26 heavy (non-hydrogen) atoms. The maximum Gasteiger partial charge on any atom is 0.174 e. The smallest absolute Gasteiger partial charge is 0.174 e. The number of hydrogen-bond acceptors (Lipinski definition) is 4. The number of hydrogen-bond donors (Lipinski definition) is 0. The van der Waals surface area contributed by atoms with Crippen molar-refractivity contribution in [2.24, 2.45) is 0 Å². The van der Waals surface area contributed by atoms with Crippen molar-refractivity contribution in [3.8, 4) is 5.82 Å².